The number of halogens is 1. The van der Waals surface area contributed by atoms with E-state index in [-0.39, 0.29) is 24.3 Å². The van der Waals surface area contributed by atoms with Crippen molar-refractivity contribution in [3.63, 3.8) is 0 Å². The van der Waals surface area contributed by atoms with Crippen LogP contribution in [0.2, 0.25) is 4.34 Å². The molecule has 5 heteroatoms. The van der Waals surface area contributed by atoms with Gasteiger partial charge in [0.1, 0.15) is 0 Å². The first-order valence-corrected chi connectivity index (χ1v) is 6.44. The Labute approximate surface area is 104 Å². The number of carbonyl (C=O) groups is 1. The Morgan fingerprint density at radius 3 is 2.62 bits per heavy atom. The lowest BCUT2D eigenvalue weighted by molar-refractivity contribution is 0.130. The molecule has 1 fully saturated rings. The molecular formula is C11H14ClNO2S. The molecule has 0 bridgehead atoms. The molecule has 88 valence electrons. The number of hydrogen-bond donors (Lipinski definition) is 0. The normalized spacial score (nSPS) is 25.3. The van der Waals surface area contributed by atoms with Crippen LogP contribution in [0.1, 0.15) is 31.8 Å². The molecule has 0 N–H and O–H groups in total. The lowest BCUT2D eigenvalue weighted by Crippen LogP contribution is -2.37. The van der Waals surface area contributed by atoms with Gasteiger partial charge in [-0.3, -0.25) is 4.90 Å². The zero-order valence-corrected chi connectivity index (χ0v) is 11.0. The second-order valence-corrected chi connectivity index (χ2v) is 5.93. The van der Waals surface area contributed by atoms with Gasteiger partial charge >= 0.3 is 6.09 Å². The van der Waals surface area contributed by atoms with Crippen LogP contribution in [0, 0.1) is 0 Å². The molecule has 3 nitrogen and oxygen atoms in total. The predicted molar refractivity (Wildman–Crippen MR) is 65.0 cm³/mol. The molecule has 0 aromatic carbocycles. The van der Waals surface area contributed by atoms with Crippen LogP contribution in [0.4, 0.5) is 4.79 Å². The van der Waals surface area contributed by atoms with Crippen molar-refractivity contribution in [3.8, 4) is 0 Å². The number of cyclic esters (lactones) is 1. The molecule has 1 aliphatic rings. The number of rotatable bonds is 2. The highest BCUT2D eigenvalue weighted by atomic mass is 35.5. The standard InChI is InChI=1S/C11H14ClNO2S/c1-6(2)13-7(3)10(15-11(13)14)8-4-5-9(12)16-8/h4-7,10H,1-3H3. The van der Waals surface area contributed by atoms with Gasteiger partial charge in [0.15, 0.2) is 6.10 Å². The van der Waals surface area contributed by atoms with Gasteiger partial charge < -0.3 is 4.74 Å². The monoisotopic (exact) mass is 259 g/mol. The topological polar surface area (TPSA) is 29.5 Å². The molecule has 2 rings (SSSR count). The largest absolute Gasteiger partial charge is 0.438 e. The smallest absolute Gasteiger partial charge is 0.411 e. The van der Waals surface area contributed by atoms with E-state index in [9.17, 15) is 4.79 Å². The molecule has 16 heavy (non-hydrogen) atoms. The summed E-state index contributed by atoms with van der Waals surface area (Å²) in [5.41, 5.74) is 0. The van der Waals surface area contributed by atoms with Crippen LogP contribution in [0.5, 0.6) is 0 Å². The minimum Gasteiger partial charge on any atom is -0.438 e. The van der Waals surface area contributed by atoms with E-state index in [1.165, 1.54) is 11.3 Å². The predicted octanol–water partition coefficient (Wildman–Crippen LogP) is 3.69. The van der Waals surface area contributed by atoms with E-state index in [1.54, 1.807) is 4.90 Å². The second-order valence-electron chi connectivity index (χ2n) is 4.19. The third kappa shape index (κ3) is 1.92. The lowest BCUT2D eigenvalue weighted by atomic mass is 10.1. The molecular weight excluding hydrogens is 246 g/mol. The van der Waals surface area contributed by atoms with Gasteiger partial charge in [-0.1, -0.05) is 11.6 Å². The summed E-state index contributed by atoms with van der Waals surface area (Å²) < 4.78 is 6.11. The van der Waals surface area contributed by atoms with Gasteiger partial charge in [-0.25, -0.2) is 4.79 Å². The van der Waals surface area contributed by atoms with Crippen LogP contribution in [0.25, 0.3) is 0 Å². The maximum atomic E-state index is 11.7. The van der Waals surface area contributed by atoms with E-state index >= 15 is 0 Å². The highest BCUT2D eigenvalue weighted by Gasteiger charge is 2.41. The van der Waals surface area contributed by atoms with Gasteiger partial charge in [0.05, 0.1) is 10.4 Å². The van der Waals surface area contributed by atoms with Crippen molar-refractivity contribution in [2.45, 2.75) is 39.0 Å². The first-order chi connectivity index (χ1) is 7.50. The fourth-order valence-corrected chi connectivity index (χ4v) is 3.23. The Balaban J connectivity index is 2.23. The first kappa shape index (κ1) is 11.7. The van der Waals surface area contributed by atoms with Crippen molar-refractivity contribution in [1.29, 1.82) is 0 Å². The molecule has 1 aromatic heterocycles. The van der Waals surface area contributed by atoms with Crippen molar-refractivity contribution in [2.24, 2.45) is 0 Å². The quantitative estimate of drug-likeness (QED) is 0.811. The Morgan fingerprint density at radius 1 is 1.50 bits per heavy atom. The zero-order chi connectivity index (χ0) is 11.9. The average molecular weight is 260 g/mol. The zero-order valence-electron chi connectivity index (χ0n) is 9.44. The number of amides is 1. The summed E-state index contributed by atoms with van der Waals surface area (Å²) in [4.78, 5) is 14.5. The van der Waals surface area contributed by atoms with Gasteiger partial charge in [-0.2, -0.15) is 0 Å². The van der Waals surface area contributed by atoms with Crippen LogP contribution in [0.15, 0.2) is 12.1 Å². The molecule has 0 radical (unpaired) electrons. The van der Waals surface area contributed by atoms with E-state index in [0.29, 0.717) is 0 Å². The van der Waals surface area contributed by atoms with Gasteiger partial charge in [-0.05, 0) is 32.9 Å². The Bertz CT molecular complexity index is 404. The Kier molecular flexibility index (Phi) is 3.13. The molecule has 0 aliphatic carbocycles. The molecule has 1 aromatic rings. The van der Waals surface area contributed by atoms with Gasteiger partial charge in [0.25, 0.3) is 0 Å². The molecule has 1 aliphatic heterocycles. The summed E-state index contributed by atoms with van der Waals surface area (Å²) >= 11 is 7.35. The summed E-state index contributed by atoms with van der Waals surface area (Å²) in [5, 5.41) is 0. The van der Waals surface area contributed by atoms with Crippen LogP contribution >= 0.6 is 22.9 Å². The summed E-state index contributed by atoms with van der Waals surface area (Å²) in [5.74, 6) is 0. The first-order valence-electron chi connectivity index (χ1n) is 5.25. The summed E-state index contributed by atoms with van der Waals surface area (Å²) in [6, 6.07) is 3.97. The van der Waals surface area contributed by atoms with E-state index in [0.717, 1.165) is 9.21 Å². The van der Waals surface area contributed by atoms with Crippen LogP contribution < -0.4 is 0 Å². The lowest BCUT2D eigenvalue weighted by Gasteiger charge is -2.23. The number of nitrogens with zero attached hydrogens (tertiary/aromatic N) is 1. The summed E-state index contributed by atoms with van der Waals surface area (Å²) in [6.07, 6.45) is -0.426. The van der Waals surface area contributed by atoms with Crippen molar-refractivity contribution in [3.05, 3.63) is 21.3 Å². The summed E-state index contributed by atoms with van der Waals surface area (Å²) in [7, 11) is 0. The van der Waals surface area contributed by atoms with Crippen LogP contribution in [-0.4, -0.2) is 23.1 Å². The Hall–Kier alpha value is -0.740. The van der Waals surface area contributed by atoms with Crippen LogP contribution in [0.3, 0.4) is 0 Å². The SMILES string of the molecule is CC(C)N1C(=O)OC(c2ccc(Cl)s2)C1C. The van der Waals surface area contributed by atoms with Crippen molar-refractivity contribution >= 4 is 29.0 Å². The highest BCUT2D eigenvalue weighted by molar-refractivity contribution is 7.16. The van der Waals surface area contributed by atoms with E-state index < -0.39 is 0 Å². The van der Waals surface area contributed by atoms with E-state index in [1.807, 2.05) is 32.9 Å². The van der Waals surface area contributed by atoms with Crippen molar-refractivity contribution in [2.75, 3.05) is 0 Å². The molecule has 0 saturated carbocycles. The van der Waals surface area contributed by atoms with Gasteiger partial charge in [0, 0.05) is 10.9 Å². The number of hydrogen-bond acceptors (Lipinski definition) is 3. The number of thiophene rings is 1. The number of carbonyl (C=O) groups excluding carboxylic acids is 1. The van der Waals surface area contributed by atoms with Crippen molar-refractivity contribution < 1.29 is 9.53 Å². The van der Waals surface area contributed by atoms with Gasteiger partial charge in [-0.15, -0.1) is 11.3 Å². The highest BCUT2D eigenvalue weighted by Crippen LogP contribution is 2.37. The van der Waals surface area contributed by atoms with E-state index in [4.69, 9.17) is 16.3 Å². The summed E-state index contributed by atoms with van der Waals surface area (Å²) in [6.45, 7) is 5.98. The van der Waals surface area contributed by atoms with E-state index in [2.05, 4.69) is 0 Å². The van der Waals surface area contributed by atoms with Crippen LogP contribution in [-0.2, 0) is 4.74 Å². The molecule has 2 heterocycles. The third-order valence-electron chi connectivity index (χ3n) is 2.75. The molecule has 2 atom stereocenters. The van der Waals surface area contributed by atoms with Crippen molar-refractivity contribution in [1.82, 2.24) is 4.90 Å². The molecule has 2 unspecified atom stereocenters. The fourth-order valence-electron chi connectivity index (χ4n) is 2.04. The third-order valence-corrected chi connectivity index (χ3v) is 4.04. The Morgan fingerprint density at radius 2 is 2.19 bits per heavy atom. The maximum absolute atomic E-state index is 11.7. The minimum absolute atomic E-state index is 0.0576. The maximum Gasteiger partial charge on any atom is 0.411 e. The second kappa shape index (κ2) is 4.26. The molecule has 1 amide bonds. The molecule has 0 spiro atoms. The number of ether oxygens (including phenoxy) is 1. The average Bonchev–Trinajstić information content (AvgIpc) is 2.70. The minimum atomic E-state index is -0.239. The fraction of sp³-hybridized carbons (Fsp3) is 0.545. The van der Waals surface area contributed by atoms with Gasteiger partial charge in [0.2, 0.25) is 0 Å². The molecule has 1 saturated heterocycles.